The topological polar surface area (TPSA) is 83.5 Å². The number of fused-ring (bicyclic) bond motifs is 1. The molecule has 2 bridgehead atoms. The first-order valence-corrected chi connectivity index (χ1v) is 8.30. The zero-order valence-corrected chi connectivity index (χ0v) is 13.3. The fourth-order valence-electron chi connectivity index (χ4n) is 4.61. The lowest BCUT2D eigenvalue weighted by atomic mass is 9.62. The van der Waals surface area contributed by atoms with Crippen LogP contribution in [0.1, 0.15) is 23.7 Å². The third-order valence-corrected chi connectivity index (χ3v) is 5.78. The zero-order chi connectivity index (χ0) is 17.0. The Morgan fingerprint density at radius 3 is 2.38 bits per heavy atom. The van der Waals surface area contributed by atoms with Crippen molar-refractivity contribution in [3.63, 3.8) is 0 Å². The molecule has 0 spiro atoms. The van der Waals surface area contributed by atoms with Crippen molar-refractivity contribution in [3.8, 4) is 0 Å². The van der Waals surface area contributed by atoms with Crippen LogP contribution in [0.4, 0.5) is 5.69 Å². The van der Waals surface area contributed by atoms with Gasteiger partial charge in [-0.1, -0.05) is 24.3 Å². The second-order valence-corrected chi connectivity index (χ2v) is 7.12. The molecule has 24 heavy (non-hydrogen) atoms. The van der Waals surface area contributed by atoms with Crippen LogP contribution in [0.5, 0.6) is 0 Å². The molecule has 5 heteroatoms. The Labute approximate surface area is 139 Å². The zero-order valence-electron chi connectivity index (χ0n) is 13.3. The summed E-state index contributed by atoms with van der Waals surface area (Å²) >= 11 is 0. The summed E-state index contributed by atoms with van der Waals surface area (Å²) in [5.41, 5.74) is 1.06. The van der Waals surface area contributed by atoms with E-state index in [1.165, 1.54) is 6.92 Å². The molecule has 0 unspecified atom stereocenters. The lowest BCUT2D eigenvalue weighted by molar-refractivity contribution is -0.152. The molecule has 5 rings (SSSR count). The second kappa shape index (κ2) is 5.30. The monoisotopic (exact) mass is 325 g/mol. The van der Waals surface area contributed by atoms with Gasteiger partial charge in [0.25, 0.3) is 0 Å². The average Bonchev–Trinajstić information content (AvgIpc) is 3.36. The minimum Gasteiger partial charge on any atom is -0.481 e. The first-order chi connectivity index (χ1) is 11.5. The van der Waals surface area contributed by atoms with Crippen molar-refractivity contribution in [3.05, 3.63) is 42.0 Å². The Hall–Kier alpha value is -2.43. The number of Topliss-reactive ketones (excluding diaryl/α,β-unsaturated/α-hetero) is 1. The van der Waals surface area contributed by atoms with Crippen molar-refractivity contribution < 1.29 is 19.5 Å². The average molecular weight is 325 g/mol. The number of anilines is 1. The smallest absolute Gasteiger partial charge is 0.307 e. The van der Waals surface area contributed by atoms with Gasteiger partial charge in [-0.15, -0.1) is 0 Å². The van der Waals surface area contributed by atoms with Gasteiger partial charge in [-0.25, -0.2) is 0 Å². The number of benzene rings is 1. The van der Waals surface area contributed by atoms with Crippen molar-refractivity contribution in [2.24, 2.45) is 35.5 Å². The molecule has 1 aromatic rings. The van der Waals surface area contributed by atoms with Crippen LogP contribution in [0.25, 0.3) is 0 Å². The summed E-state index contributed by atoms with van der Waals surface area (Å²) in [5.74, 6) is -1.54. The van der Waals surface area contributed by atoms with Gasteiger partial charge < -0.3 is 10.4 Å². The molecule has 4 aliphatic carbocycles. The number of carbonyl (C=O) groups is 3. The van der Waals surface area contributed by atoms with Gasteiger partial charge >= 0.3 is 5.97 Å². The van der Waals surface area contributed by atoms with Crippen molar-refractivity contribution in [2.75, 3.05) is 5.32 Å². The van der Waals surface area contributed by atoms with Crippen LogP contribution in [0.15, 0.2) is 36.4 Å². The molecule has 0 aromatic heterocycles. The van der Waals surface area contributed by atoms with Crippen molar-refractivity contribution >= 4 is 23.3 Å². The van der Waals surface area contributed by atoms with Crippen LogP contribution < -0.4 is 5.32 Å². The van der Waals surface area contributed by atoms with E-state index in [2.05, 4.69) is 5.32 Å². The molecule has 1 amide bonds. The Morgan fingerprint density at radius 1 is 1.08 bits per heavy atom. The Bertz CT molecular complexity index is 768. The number of hydrogen-bond donors (Lipinski definition) is 2. The number of rotatable bonds is 4. The summed E-state index contributed by atoms with van der Waals surface area (Å²) in [7, 11) is 0. The van der Waals surface area contributed by atoms with Gasteiger partial charge in [-0.3, -0.25) is 14.4 Å². The molecule has 0 heterocycles. The van der Waals surface area contributed by atoms with Gasteiger partial charge in [0.05, 0.1) is 11.8 Å². The molecule has 0 aliphatic heterocycles. The van der Waals surface area contributed by atoms with Crippen LogP contribution in [-0.2, 0) is 9.59 Å². The highest BCUT2D eigenvalue weighted by Crippen LogP contribution is 2.63. The fourth-order valence-corrected chi connectivity index (χ4v) is 4.61. The van der Waals surface area contributed by atoms with Crippen molar-refractivity contribution in [1.82, 2.24) is 0 Å². The van der Waals surface area contributed by atoms with Crippen LogP contribution >= 0.6 is 0 Å². The van der Waals surface area contributed by atoms with E-state index in [0.29, 0.717) is 23.1 Å². The Morgan fingerprint density at radius 2 is 1.75 bits per heavy atom. The predicted octanol–water partition coefficient (Wildman–Crippen LogP) is 2.60. The van der Waals surface area contributed by atoms with Crippen LogP contribution in [-0.4, -0.2) is 22.8 Å². The predicted molar refractivity (Wildman–Crippen MR) is 87.4 cm³/mol. The van der Waals surface area contributed by atoms with Gasteiger partial charge in [-0.05, 0) is 49.1 Å². The van der Waals surface area contributed by atoms with Gasteiger partial charge in [0.2, 0.25) is 5.91 Å². The molecule has 0 radical (unpaired) electrons. The first-order valence-electron chi connectivity index (χ1n) is 8.30. The molecule has 2 N–H and O–H groups in total. The van der Waals surface area contributed by atoms with E-state index in [0.717, 1.165) is 6.42 Å². The largest absolute Gasteiger partial charge is 0.481 e. The highest BCUT2D eigenvalue weighted by molar-refractivity contribution is 5.99. The summed E-state index contributed by atoms with van der Waals surface area (Å²) in [4.78, 5) is 36.1. The van der Waals surface area contributed by atoms with E-state index in [1.807, 2.05) is 12.2 Å². The summed E-state index contributed by atoms with van der Waals surface area (Å²) in [6, 6.07) is 6.76. The van der Waals surface area contributed by atoms with E-state index in [-0.39, 0.29) is 23.5 Å². The molecular weight excluding hydrogens is 306 g/mol. The van der Waals surface area contributed by atoms with E-state index in [4.69, 9.17) is 0 Å². The molecule has 6 atom stereocenters. The highest BCUT2D eigenvalue weighted by atomic mass is 16.4. The number of amides is 1. The number of ketones is 1. The minimum atomic E-state index is -0.891. The Balaban J connectivity index is 1.59. The third kappa shape index (κ3) is 2.27. The number of allylic oxidation sites excluding steroid dienone is 2. The standard InChI is InChI=1S/C19H19NO4/c1-9(21)10-3-2-4-11(7-10)20-18(22)16-12-5-6-13(15-8-14(12)15)17(16)19(23)24/h2-7,12-17H,8H2,1H3,(H,20,22)(H,23,24)/t12-,13-,14-,15-,16-,17+/m1/s1. The van der Waals surface area contributed by atoms with E-state index < -0.39 is 17.8 Å². The third-order valence-electron chi connectivity index (χ3n) is 5.78. The number of hydrogen-bond acceptors (Lipinski definition) is 3. The molecule has 1 aromatic carbocycles. The Kier molecular flexibility index (Phi) is 3.34. The summed E-state index contributed by atoms with van der Waals surface area (Å²) < 4.78 is 0. The summed E-state index contributed by atoms with van der Waals surface area (Å²) in [6.07, 6.45) is 5.06. The van der Waals surface area contributed by atoms with Crippen molar-refractivity contribution in [1.29, 1.82) is 0 Å². The quantitative estimate of drug-likeness (QED) is 0.658. The van der Waals surface area contributed by atoms with Crippen LogP contribution in [0.3, 0.4) is 0 Å². The molecule has 5 nitrogen and oxygen atoms in total. The lowest BCUT2D eigenvalue weighted by Crippen LogP contribution is -2.48. The van der Waals surface area contributed by atoms with Gasteiger partial charge in [0, 0.05) is 11.3 Å². The molecule has 0 saturated heterocycles. The summed E-state index contributed by atoms with van der Waals surface area (Å²) in [5, 5.41) is 12.5. The van der Waals surface area contributed by atoms with E-state index in [1.54, 1.807) is 24.3 Å². The molecule has 2 saturated carbocycles. The van der Waals surface area contributed by atoms with Gasteiger partial charge in [0.15, 0.2) is 5.78 Å². The number of nitrogens with one attached hydrogen (secondary N) is 1. The lowest BCUT2D eigenvalue weighted by Gasteiger charge is -2.41. The minimum absolute atomic E-state index is 0.0112. The maximum atomic E-state index is 12.8. The highest BCUT2D eigenvalue weighted by Gasteiger charge is 2.62. The number of carboxylic acids is 1. The van der Waals surface area contributed by atoms with Gasteiger partial charge in [0.1, 0.15) is 0 Å². The van der Waals surface area contributed by atoms with Gasteiger partial charge in [-0.2, -0.15) is 0 Å². The molecule has 124 valence electrons. The maximum absolute atomic E-state index is 12.8. The first kappa shape index (κ1) is 15.1. The normalized spacial score (nSPS) is 35.2. The van der Waals surface area contributed by atoms with E-state index in [9.17, 15) is 19.5 Å². The fraction of sp³-hybridized carbons (Fsp3) is 0.421. The van der Waals surface area contributed by atoms with E-state index >= 15 is 0 Å². The second-order valence-electron chi connectivity index (χ2n) is 7.12. The maximum Gasteiger partial charge on any atom is 0.307 e. The molecule has 2 fully saturated rings. The molecular formula is C19H19NO4. The number of carbonyl (C=O) groups excluding carboxylic acids is 2. The number of carboxylic acid groups (broad SMARTS) is 1. The molecule has 4 aliphatic rings. The SMILES string of the molecule is CC(=O)c1cccc(NC(=O)[C@@H]2[C@@H]3C=C[C@H]([C@H]4C[C@H]34)[C@@H]2C(=O)O)c1. The summed E-state index contributed by atoms with van der Waals surface area (Å²) in [6.45, 7) is 1.47. The van der Waals surface area contributed by atoms with Crippen LogP contribution in [0, 0.1) is 35.5 Å². The van der Waals surface area contributed by atoms with Crippen molar-refractivity contribution in [2.45, 2.75) is 13.3 Å². The number of aliphatic carboxylic acids is 1. The van der Waals surface area contributed by atoms with Crippen LogP contribution in [0.2, 0.25) is 0 Å².